The van der Waals surface area contributed by atoms with E-state index in [9.17, 15) is 4.79 Å². The van der Waals surface area contributed by atoms with E-state index in [1.54, 1.807) is 0 Å². The fraction of sp³-hybridized carbons (Fsp3) is 0.533. The van der Waals surface area contributed by atoms with Crippen molar-refractivity contribution in [2.45, 2.75) is 38.0 Å². The number of halogens is 1. The predicted octanol–water partition coefficient (Wildman–Crippen LogP) is 4.13. The maximum atomic E-state index is 12.0. The molecule has 0 radical (unpaired) electrons. The van der Waals surface area contributed by atoms with Crippen LogP contribution in [0.25, 0.3) is 0 Å². The van der Waals surface area contributed by atoms with Gasteiger partial charge in [0.05, 0.1) is 13.0 Å². The van der Waals surface area contributed by atoms with E-state index in [0.717, 1.165) is 12.0 Å². The minimum Gasteiger partial charge on any atom is -0.469 e. The second-order valence-corrected chi connectivity index (χ2v) is 6.26. The third-order valence-electron chi connectivity index (χ3n) is 3.80. The van der Waals surface area contributed by atoms with Crippen molar-refractivity contribution in [3.05, 3.63) is 33.4 Å². The Labute approximate surface area is 122 Å². The summed E-state index contributed by atoms with van der Waals surface area (Å²) in [5, 5.41) is 0. The molecule has 18 heavy (non-hydrogen) atoms. The van der Waals surface area contributed by atoms with Gasteiger partial charge in [-0.3, -0.25) is 4.79 Å². The lowest BCUT2D eigenvalue weighted by Gasteiger charge is -2.18. The van der Waals surface area contributed by atoms with Crippen molar-refractivity contribution in [2.24, 2.45) is 5.92 Å². The SMILES string of the molecule is COC(=O)[C@H](CC1CCCC1)c1ccc(I)cc1. The Balaban J connectivity index is 2.13. The molecule has 1 saturated carbocycles. The second kappa shape index (κ2) is 6.55. The van der Waals surface area contributed by atoms with Gasteiger partial charge < -0.3 is 4.74 Å². The van der Waals surface area contributed by atoms with Crippen molar-refractivity contribution in [2.75, 3.05) is 7.11 Å². The summed E-state index contributed by atoms with van der Waals surface area (Å²) in [7, 11) is 1.48. The summed E-state index contributed by atoms with van der Waals surface area (Å²) < 4.78 is 6.16. The van der Waals surface area contributed by atoms with E-state index < -0.39 is 0 Å². The maximum absolute atomic E-state index is 12.0. The molecule has 1 aromatic carbocycles. The molecule has 0 saturated heterocycles. The molecule has 2 rings (SSSR count). The number of benzene rings is 1. The molecule has 1 aliphatic rings. The van der Waals surface area contributed by atoms with Crippen LogP contribution < -0.4 is 0 Å². The molecule has 98 valence electrons. The summed E-state index contributed by atoms with van der Waals surface area (Å²) in [6, 6.07) is 8.22. The van der Waals surface area contributed by atoms with Crippen LogP contribution in [-0.4, -0.2) is 13.1 Å². The molecule has 0 spiro atoms. The summed E-state index contributed by atoms with van der Waals surface area (Å²) in [4.78, 5) is 12.0. The average molecular weight is 358 g/mol. The molecule has 1 fully saturated rings. The number of methoxy groups -OCH3 is 1. The van der Waals surface area contributed by atoms with Gasteiger partial charge in [-0.1, -0.05) is 37.8 Å². The first-order chi connectivity index (χ1) is 8.70. The molecule has 1 aromatic rings. The monoisotopic (exact) mass is 358 g/mol. The number of carbonyl (C=O) groups excluding carboxylic acids is 1. The van der Waals surface area contributed by atoms with E-state index in [-0.39, 0.29) is 11.9 Å². The highest BCUT2D eigenvalue weighted by molar-refractivity contribution is 14.1. The summed E-state index contributed by atoms with van der Waals surface area (Å²) >= 11 is 2.28. The molecule has 0 heterocycles. The molecule has 1 aliphatic carbocycles. The minimum atomic E-state index is -0.0943. The average Bonchev–Trinajstić information content (AvgIpc) is 2.89. The molecule has 0 N–H and O–H groups in total. The number of carbonyl (C=O) groups is 1. The highest BCUT2D eigenvalue weighted by Crippen LogP contribution is 2.34. The van der Waals surface area contributed by atoms with Crippen molar-refractivity contribution >= 4 is 28.6 Å². The Morgan fingerprint density at radius 1 is 1.33 bits per heavy atom. The van der Waals surface area contributed by atoms with Crippen LogP contribution >= 0.6 is 22.6 Å². The molecule has 0 bridgehead atoms. The Bertz CT molecular complexity index is 393. The zero-order valence-electron chi connectivity index (χ0n) is 10.7. The molecule has 0 aromatic heterocycles. The zero-order valence-corrected chi connectivity index (χ0v) is 12.9. The first-order valence-electron chi connectivity index (χ1n) is 6.54. The van der Waals surface area contributed by atoms with Gasteiger partial charge in [0.25, 0.3) is 0 Å². The summed E-state index contributed by atoms with van der Waals surface area (Å²) in [5.41, 5.74) is 1.09. The van der Waals surface area contributed by atoms with Crippen LogP contribution in [0, 0.1) is 9.49 Å². The van der Waals surface area contributed by atoms with Crippen LogP contribution in [0.2, 0.25) is 0 Å². The smallest absolute Gasteiger partial charge is 0.313 e. The Hall–Kier alpha value is -0.580. The lowest BCUT2D eigenvalue weighted by molar-refractivity contribution is -0.142. The lowest BCUT2D eigenvalue weighted by atomic mass is 9.88. The van der Waals surface area contributed by atoms with Crippen LogP contribution in [0.4, 0.5) is 0 Å². The van der Waals surface area contributed by atoms with Crippen LogP contribution in [0.1, 0.15) is 43.6 Å². The first kappa shape index (κ1) is 13.8. The number of hydrogen-bond acceptors (Lipinski definition) is 2. The van der Waals surface area contributed by atoms with Crippen molar-refractivity contribution in [1.82, 2.24) is 0 Å². The Morgan fingerprint density at radius 3 is 2.50 bits per heavy atom. The number of hydrogen-bond donors (Lipinski definition) is 0. The molecule has 3 heteroatoms. The van der Waals surface area contributed by atoms with Crippen LogP contribution in [0.3, 0.4) is 0 Å². The van der Waals surface area contributed by atoms with Crippen molar-refractivity contribution in [3.63, 3.8) is 0 Å². The fourth-order valence-electron chi connectivity index (χ4n) is 2.79. The number of ether oxygens (including phenoxy) is 1. The fourth-order valence-corrected chi connectivity index (χ4v) is 3.14. The van der Waals surface area contributed by atoms with Gasteiger partial charge in [-0.15, -0.1) is 0 Å². The molecule has 0 unspecified atom stereocenters. The number of rotatable bonds is 4. The quantitative estimate of drug-likeness (QED) is 0.598. The molecule has 0 aliphatic heterocycles. The van der Waals surface area contributed by atoms with E-state index in [0.29, 0.717) is 5.92 Å². The predicted molar refractivity (Wildman–Crippen MR) is 80.5 cm³/mol. The normalized spacial score (nSPS) is 17.7. The molecule has 1 atom stereocenters. The Kier molecular flexibility index (Phi) is 5.03. The van der Waals surface area contributed by atoms with Crippen molar-refractivity contribution in [3.8, 4) is 0 Å². The summed E-state index contributed by atoms with van der Waals surface area (Å²) in [5.74, 6) is 0.506. The van der Waals surface area contributed by atoms with E-state index in [2.05, 4.69) is 46.9 Å². The van der Waals surface area contributed by atoms with E-state index >= 15 is 0 Å². The largest absolute Gasteiger partial charge is 0.469 e. The third-order valence-corrected chi connectivity index (χ3v) is 4.52. The molecule has 0 amide bonds. The van der Waals surface area contributed by atoms with E-state index in [1.807, 2.05) is 0 Å². The highest BCUT2D eigenvalue weighted by atomic mass is 127. The van der Waals surface area contributed by atoms with Gasteiger partial charge in [-0.05, 0) is 52.6 Å². The van der Waals surface area contributed by atoms with Crippen LogP contribution in [0.15, 0.2) is 24.3 Å². The topological polar surface area (TPSA) is 26.3 Å². The third kappa shape index (κ3) is 3.46. The van der Waals surface area contributed by atoms with Gasteiger partial charge in [0.15, 0.2) is 0 Å². The minimum absolute atomic E-state index is 0.0879. The van der Waals surface area contributed by atoms with Crippen molar-refractivity contribution < 1.29 is 9.53 Å². The van der Waals surface area contributed by atoms with Crippen LogP contribution in [-0.2, 0) is 9.53 Å². The standard InChI is InChI=1S/C15H19IO2/c1-18-15(17)14(10-11-4-2-3-5-11)12-6-8-13(16)9-7-12/h6-9,11,14H,2-5,10H2,1H3/t14-/m1/s1. The maximum Gasteiger partial charge on any atom is 0.313 e. The highest BCUT2D eigenvalue weighted by Gasteiger charge is 2.27. The lowest BCUT2D eigenvalue weighted by Crippen LogP contribution is -2.17. The van der Waals surface area contributed by atoms with Gasteiger partial charge in [-0.2, -0.15) is 0 Å². The summed E-state index contributed by atoms with van der Waals surface area (Å²) in [6.45, 7) is 0. The van der Waals surface area contributed by atoms with Crippen LogP contribution in [0.5, 0.6) is 0 Å². The van der Waals surface area contributed by atoms with Crippen molar-refractivity contribution in [1.29, 1.82) is 0 Å². The first-order valence-corrected chi connectivity index (χ1v) is 7.62. The van der Waals surface area contributed by atoms with Gasteiger partial charge in [-0.25, -0.2) is 0 Å². The van der Waals surface area contributed by atoms with E-state index in [4.69, 9.17) is 4.74 Å². The molecular weight excluding hydrogens is 339 g/mol. The Morgan fingerprint density at radius 2 is 1.94 bits per heavy atom. The number of esters is 1. The second-order valence-electron chi connectivity index (χ2n) is 5.01. The van der Waals surface area contributed by atoms with Gasteiger partial charge in [0.2, 0.25) is 0 Å². The van der Waals surface area contributed by atoms with Gasteiger partial charge in [0.1, 0.15) is 0 Å². The molecular formula is C15H19IO2. The molecule has 2 nitrogen and oxygen atoms in total. The van der Waals surface area contributed by atoms with Gasteiger partial charge >= 0.3 is 5.97 Å². The summed E-state index contributed by atoms with van der Waals surface area (Å²) in [6.07, 6.45) is 6.08. The zero-order chi connectivity index (χ0) is 13.0. The van der Waals surface area contributed by atoms with Gasteiger partial charge in [0, 0.05) is 3.57 Å². The van der Waals surface area contributed by atoms with E-state index in [1.165, 1.54) is 36.4 Å².